The zero-order valence-electron chi connectivity index (χ0n) is 11.7. The van der Waals surface area contributed by atoms with Crippen molar-refractivity contribution in [3.05, 3.63) is 23.8 Å². The van der Waals surface area contributed by atoms with Crippen LogP contribution >= 0.6 is 0 Å². The molecule has 114 valence electrons. The number of carbonyl (C=O) groups excluding carboxylic acids is 2. The molecule has 0 fully saturated rings. The van der Waals surface area contributed by atoms with E-state index in [2.05, 4.69) is 16.0 Å². The smallest absolute Gasteiger partial charge is 0.337 e. The lowest BCUT2D eigenvalue weighted by molar-refractivity contribution is -0.118. The van der Waals surface area contributed by atoms with Gasteiger partial charge in [0.25, 0.3) is 0 Å². The number of hydrogen-bond acceptors (Lipinski definition) is 4. The standard InChI is InChI=1S/C13H17N3O5/c1-8(17)14-5-6-15-13(20)16-11-7-9(21-2)3-4-10(11)12(18)19/h3-4,7H,5-6H2,1-2H3,(H,14,17)(H,18,19)(H2,15,16,20). The van der Waals surface area contributed by atoms with Crippen LogP contribution in [0.3, 0.4) is 0 Å². The molecule has 0 aliphatic carbocycles. The van der Waals surface area contributed by atoms with Crippen LogP contribution in [0.15, 0.2) is 18.2 Å². The van der Waals surface area contributed by atoms with E-state index in [0.717, 1.165) is 0 Å². The number of methoxy groups -OCH3 is 1. The van der Waals surface area contributed by atoms with E-state index < -0.39 is 12.0 Å². The van der Waals surface area contributed by atoms with Crippen LogP contribution in [0.4, 0.5) is 10.5 Å². The first-order valence-corrected chi connectivity index (χ1v) is 6.14. The molecule has 8 nitrogen and oxygen atoms in total. The number of carboxylic acid groups (broad SMARTS) is 1. The summed E-state index contributed by atoms with van der Waals surface area (Å²) in [6, 6.07) is 3.67. The number of aromatic carboxylic acids is 1. The molecule has 0 bridgehead atoms. The SMILES string of the molecule is COc1ccc(C(=O)O)c(NC(=O)NCCNC(C)=O)c1. The minimum atomic E-state index is -1.16. The number of carboxylic acids is 1. The Morgan fingerprint density at radius 1 is 1.19 bits per heavy atom. The summed E-state index contributed by atoms with van der Waals surface area (Å²) < 4.78 is 4.98. The minimum Gasteiger partial charge on any atom is -0.497 e. The van der Waals surface area contributed by atoms with Gasteiger partial charge in [0, 0.05) is 26.1 Å². The van der Waals surface area contributed by atoms with E-state index in [9.17, 15) is 14.4 Å². The molecule has 0 atom stereocenters. The Hall–Kier alpha value is -2.77. The van der Waals surface area contributed by atoms with Gasteiger partial charge in [0.05, 0.1) is 18.4 Å². The van der Waals surface area contributed by atoms with Gasteiger partial charge in [-0.1, -0.05) is 0 Å². The van der Waals surface area contributed by atoms with Crippen molar-refractivity contribution in [2.24, 2.45) is 0 Å². The molecular formula is C13H17N3O5. The van der Waals surface area contributed by atoms with Gasteiger partial charge in [-0.3, -0.25) is 4.79 Å². The summed E-state index contributed by atoms with van der Waals surface area (Å²) in [5, 5.41) is 16.5. The number of anilines is 1. The third-order valence-electron chi connectivity index (χ3n) is 2.49. The highest BCUT2D eigenvalue weighted by Crippen LogP contribution is 2.22. The summed E-state index contributed by atoms with van der Waals surface area (Å²) in [6.07, 6.45) is 0. The molecule has 1 aromatic carbocycles. The van der Waals surface area contributed by atoms with Crippen molar-refractivity contribution in [2.75, 3.05) is 25.5 Å². The molecule has 0 saturated carbocycles. The maximum Gasteiger partial charge on any atom is 0.337 e. The second kappa shape index (κ2) is 7.73. The summed E-state index contributed by atoms with van der Waals surface area (Å²) in [4.78, 5) is 33.4. The fraction of sp³-hybridized carbons (Fsp3) is 0.308. The molecule has 0 radical (unpaired) electrons. The molecule has 1 rings (SSSR count). The number of carbonyl (C=O) groups is 3. The Morgan fingerprint density at radius 2 is 1.86 bits per heavy atom. The number of urea groups is 1. The third kappa shape index (κ3) is 5.39. The van der Waals surface area contributed by atoms with Crippen molar-refractivity contribution in [1.29, 1.82) is 0 Å². The highest BCUT2D eigenvalue weighted by molar-refractivity contribution is 6.00. The maximum atomic E-state index is 11.7. The number of ether oxygens (including phenoxy) is 1. The second-order valence-corrected chi connectivity index (χ2v) is 4.08. The Labute approximate surface area is 121 Å². The summed E-state index contributed by atoms with van der Waals surface area (Å²) in [5.41, 5.74) is 0.0756. The van der Waals surface area contributed by atoms with E-state index in [1.54, 1.807) is 0 Å². The fourth-order valence-electron chi connectivity index (χ4n) is 1.52. The normalized spacial score (nSPS) is 9.62. The zero-order valence-corrected chi connectivity index (χ0v) is 11.7. The first-order chi connectivity index (χ1) is 9.93. The van der Waals surface area contributed by atoms with E-state index in [1.165, 1.54) is 32.2 Å². The van der Waals surface area contributed by atoms with Gasteiger partial charge in [-0.25, -0.2) is 9.59 Å². The van der Waals surface area contributed by atoms with Gasteiger partial charge in [-0.15, -0.1) is 0 Å². The van der Waals surface area contributed by atoms with Crippen LogP contribution in [0, 0.1) is 0 Å². The third-order valence-corrected chi connectivity index (χ3v) is 2.49. The van der Waals surface area contributed by atoms with E-state index in [1.807, 2.05) is 0 Å². The first kappa shape index (κ1) is 16.3. The molecule has 8 heteroatoms. The lowest BCUT2D eigenvalue weighted by atomic mass is 10.1. The van der Waals surface area contributed by atoms with Gasteiger partial charge in [0.15, 0.2) is 0 Å². The van der Waals surface area contributed by atoms with Gasteiger partial charge in [-0.2, -0.15) is 0 Å². The van der Waals surface area contributed by atoms with Crippen molar-refractivity contribution < 1.29 is 24.2 Å². The van der Waals surface area contributed by atoms with E-state index in [0.29, 0.717) is 5.75 Å². The molecule has 1 aromatic rings. The van der Waals surface area contributed by atoms with Gasteiger partial charge < -0.3 is 25.8 Å². The summed E-state index contributed by atoms with van der Waals surface area (Å²) in [7, 11) is 1.44. The molecule has 0 saturated heterocycles. The van der Waals surface area contributed by atoms with Gasteiger partial charge in [-0.05, 0) is 12.1 Å². The molecule has 0 aliphatic rings. The molecular weight excluding hydrogens is 278 g/mol. The van der Waals surface area contributed by atoms with Gasteiger partial charge in [0.1, 0.15) is 5.75 Å². The van der Waals surface area contributed by atoms with Crippen molar-refractivity contribution >= 4 is 23.6 Å². The Balaban J connectivity index is 2.65. The topological polar surface area (TPSA) is 117 Å². The summed E-state index contributed by atoms with van der Waals surface area (Å²) in [6.45, 7) is 1.87. The molecule has 0 unspecified atom stereocenters. The number of nitrogens with one attached hydrogen (secondary N) is 3. The number of benzene rings is 1. The van der Waals surface area contributed by atoms with Crippen LogP contribution in [0.5, 0.6) is 5.75 Å². The van der Waals surface area contributed by atoms with Crippen LogP contribution in [0.2, 0.25) is 0 Å². The van der Waals surface area contributed by atoms with Gasteiger partial charge >= 0.3 is 12.0 Å². The second-order valence-electron chi connectivity index (χ2n) is 4.08. The van der Waals surface area contributed by atoms with Crippen LogP contribution in [0.1, 0.15) is 17.3 Å². The predicted octanol–water partition coefficient (Wildman–Crippen LogP) is 0.651. The Morgan fingerprint density at radius 3 is 2.43 bits per heavy atom. The molecule has 0 aromatic heterocycles. The van der Waals surface area contributed by atoms with Crippen molar-refractivity contribution in [2.45, 2.75) is 6.92 Å². The van der Waals surface area contributed by atoms with Crippen LogP contribution < -0.4 is 20.7 Å². The van der Waals surface area contributed by atoms with E-state index in [4.69, 9.17) is 9.84 Å². The maximum absolute atomic E-state index is 11.7. The van der Waals surface area contributed by atoms with Crippen LogP contribution in [-0.4, -0.2) is 43.2 Å². The number of hydrogen-bond donors (Lipinski definition) is 4. The minimum absolute atomic E-state index is 0.0483. The zero-order chi connectivity index (χ0) is 15.8. The van der Waals surface area contributed by atoms with E-state index in [-0.39, 0.29) is 30.2 Å². The highest BCUT2D eigenvalue weighted by atomic mass is 16.5. The van der Waals surface area contributed by atoms with Crippen molar-refractivity contribution in [1.82, 2.24) is 10.6 Å². The predicted molar refractivity (Wildman–Crippen MR) is 75.7 cm³/mol. The first-order valence-electron chi connectivity index (χ1n) is 6.14. The molecule has 3 amide bonds. The summed E-state index contributed by atoms with van der Waals surface area (Å²) in [5.74, 6) is -0.932. The van der Waals surface area contributed by atoms with Crippen molar-refractivity contribution in [3.8, 4) is 5.75 Å². The van der Waals surface area contributed by atoms with Crippen LogP contribution in [0.25, 0.3) is 0 Å². The largest absolute Gasteiger partial charge is 0.497 e. The van der Waals surface area contributed by atoms with Crippen molar-refractivity contribution in [3.63, 3.8) is 0 Å². The monoisotopic (exact) mass is 295 g/mol. The van der Waals surface area contributed by atoms with Gasteiger partial charge in [0.2, 0.25) is 5.91 Å². The molecule has 21 heavy (non-hydrogen) atoms. The molecule has 0 aliphatic heterocycles. The van der Waals surface area contributed by atoms with E-state index >= 15 is 0 Å². The lowest BCUT2D eigenvalue weighted by Gasteiger charge is -2.11. The Bertz CT molecular complexity index is 545. The average molecular weight is 295 g/mol. The fourth-order valence-corrected chi connectivity index (χ4v) is 1.52. The molecule has 4 N–H and O–H groups in total. The number of rotatable bonds is 6. The number of amides is 3. The Kier molecular flexibility index (Phi) is 5.99. The molecule has 0 spiro atoms. The lowest BCUT2D eigenvalue weighted by Crippen LogP contribution is -2.36. The quantitative estimate of drug-likeness (QED) is 0.575. The molecule has 0 heterocycles. The summed E-state index contributed by atoms with van der Waals surface area (Å²) >= 11 is 0. The average Bonchev–Trinajstić information content (AvgIpc) is 2.43. The highest BCUT2D eigenvalue weighted by Gasteiger charge is 2.13. The van der Waals surface area contributed by atoms with Crippen LogP contribution in [-0.2, 0) is 4.79 Å².